The lowest BCUT2D eigenvalue weighted by Gasteiger charge is -2.02. The number of aryl methyl sites for hydroxylation is 1. The van der Waals surface area contributed by atoms with Crippen LogP contribution in [0.1, 0.15) is 22.8 Å². The maximum Gasteiger partial charge on any atom is 0.543 e. The van der Waals surface area contributed by atoms with Crippen LogP contribution in [0.15, 0.2) is 24.3 Å². The van der Waals surface area contributed by atoms with Crippen molar-refractivity contribution in [3.05, 3.63) is 35.4 Å². The van der Waals surface area contributed by atoms with E-state index >= 15 is 0 Å². The molecule has 0 radical (unpaired) electrons. The molecule has 0 aliphatic carbocycles. The van der Waals surface area contributed by atoms with Crippen LogP contribution >= 0.6 is 0 Å². The van der Waals surface area contributed by atoms with Crippen molar-refractivity contribution >= 4 is 12.1 Å². The second kappa shape index (κ2) is 6.49. The summed E-state index contributed by atoms with van der Waals surface area (Å²) in [5.41, 5.74) is 1.29. The smallest absolute Gasteiger partial charge is 0.433 e. The standard InChI is InChI=1S/C11H12O6/c1-3-14-11(13)16-17-15-10(12)9-6-4-8(2)5-7-9/h4-7H,3H2,1-2H3. The molecule has 0 bridgehead atoms. The zero-order valence-corrected chi connectivity index (χ0v) is 9.47. The van der Waals surface area contributed by atoms with Crippen LogP contribution in [0.4, 0.5) is 4.79 Å². The minimum atomic E-state index is -1.08. The number of carbonyl (C=O) groups excluding carboxylic acids is 2. The molecule has 0 atom stereocenters. The molecule has 0 fully saturated rings. The maximum absolute atomic E-state index is 11.3. The fourth-order valence-corrected chi connectivity index (χ4v) is 0.955. The molecule has 0 spiro atoms. The second-order valence-corrected chi connectivity index (χ2v) is 3.07. The maximum atomic E-state index is 11.3. The van der Waals surface area contributed by atoms with Crippen LogP contribution < -0.4 is 0 Å². The number of hydrogen-bond acceptors (Lipinski definition) is 6. The Kier molecular flexibility index (Phi) is 4.96. The Labute approximate surface area is 97.9 Å². The van der Waals surface area contributed by atoms with Gasteiger partial charge in [-0.3, -0.25) is 4.89 Å². The quantitative estimate of drug-likeness (QED) is 0.456. The van der Waals surface area contributed by atoms with Gasteiger partial charge in [0.15, 0.2) is 0 Å². The minimum absolute atomic E-state index is 0.133. The van der Waals surface area contributed by atoms with E-state index in [4.69, 9.17) is 0 Å². The van der Waals surface area contributed by atoms with E-state index in [-0.39, 0.29) is 12.2 Å². The third kappa shape index (κ3) is 4.52. The topological polar surface area (TPSA) is 71.1 Å². The van der Waals surface area contributed by atoms with Gasteiger partial charge in [0.05, 0.1) is 17.2 Å². The van der Waals surface area contributed by atoms with Gasteiger partial charge in [0.2, 0.25) is 0 Å². The molecule has 6 heteroatoms. The van der Waals surface area contributed by atoms with Crippen molar-refractivity contribution in [1.82, 2.24) is 0 Å². The Hall–Kier alpha value is -2.08. The van der Waals surface area contributed by atoms with Gasteiger partial charge >= 0.3 is 12.1 Å². The Morgan fingerprint density at radius 3 is 2.35 bits per heavy atom. The highest BCUT2D eigenvalue weighted by molar-refractivity contribution is 5.88. The van der Waals surface area contributed by atoms with Crippen molar-refractivity contribution in [2.45, 2.75) is 13.8 Å². The van der Waals surface area contributed by atoms with Crippen molar-refractivity contribution < 1.29 is 29.1 Å². The summed E-state index contributed by atoms with van der Waals surface area (Å²) in [4.78, 5) is 30.2. The monoisotopic (exact) mass is 240 g/mol. The predicted molar refractivity (Wildman–Crippen MR) is 55.8 cm³/mol. The summed E-state index contributed by atoms with van der Waals surface area (Å²) >= 11 is 0. The highest BCUT2D eigenvalue weighted by atomic mass is 17.5. The number of ether oxygens (including phenoxy) is 1. The number of benzene rings is 1. The van der Waals surface area contributed by atoms with Crippen LogP contribution in [0.25, 0.3) is 0 Å². The van der Waals surface area contributed by atoms with Crippen LogP contribution in [0.3, 0.4) is 0 Å². The lowest BCUT2D eigenvalue weighted by molar-refractivity contribution is -0.452. The highest BCUT2D eigenvalue weighted by Gasteiger charge is 2.11. The molecule has 0 saturated carbocycles. The molecular weight excluding hydrogens is 228 g/mol. The zero-order chi connectivity index (χ0) is 12.7. The second-order valence-electron chi connectivity index (χ2n) is 3.07. The number of hydrogen-bond donors (Lipinski definition) is 0. The lowest BCUT2D eigenvalue weighted by atomic mass is 10.2. The van der Waals surface area contributed by atoms with Crippen LogP contribution in [0, 0.1) is 6.92 Å². The summed E-state index contributed by atoms with van der Waals surface area (Å²) in [6.45, 7) is 3.61. The molecule has 0 saturated heterocycles. The Balaban J connectivity index is 2.35. The Bertz CT molecular complexity index is 383. The third-order valence-electron chi connectivity index (χ3n) is 1.76. The lowest BCUT2D eigenvalue weighted by Crippen LogP contribution is -2.11. The Morgan fingerprint density at radius 1 is 1.12 bits per heavy atom. The van der Waals surface area contributed by atoms with E-state index in [1.807, 2.05) is 6.92 Å². The number of carbonyl (C=O) groups is 2. The van der Waals surface area contributed by atoms with Gasteiger partial charge in [-0.2, -0.15) is 0 Å². The molecule has 0 aliphatic heterocycles. The first-order valence-electron chi connectivity index (χ1n) is 4.92. The largest absolute Gasteiger partial charge is 0.543 e. The minimum Gasteiger partial charge on any atom is -0.433 e. The summed E-state index contributed by atoms with van der Waals surface area (Å²) < 4.78 is 4.37. The summed E-state index contributed by atoms with van der Waals surface area (Å²) in [5.74, 6) is -0.769. The van der Waals surface area contributed by atoms with Gasteiger partial charge in [-0.25, -0.2) is 14.5 Å². The van der Waals surface area contributed by atoms with E-state index in [2.05, 4.69) is 19.6 Å². The molecule has 6 nitrogen and oxygen atoms in total. The molecule has 0 heterocycles. The van der Waals surface area contributed by atoms with Gasteiger partial charge in [0, 0.05) is 0 Å². The van der Waals surface area contributed by atoms with Crippen molar-refractivity contribution in [3.63, 3.8) is 0 Å². The van der Waals surface area contributed by atoms with Crippen LogP contribution in [0.2, 0.25) is 0 Å². The first-order valence-corrected chi connectivity index (χ1v) is 4.92. The molecular formula is C11H12O6. The molecule has 0 unspecified atom stereocenters. The SMILES string of the molecule is CCOC(=O)OOOC(=O)c1ccc(C)cc1. The first kappa shape index (κ1) is 13.0. The van der Waals surface area contributed by atoms with E-state index in [1.54, 1.807) is 31.2 Å². The first-order chi connectivity index (χ1) is 8.13. The van der Waals surface area contributed by atoms with Crippen LogP contribution in [-0.4, -0.2) is 18.7 Å². The number of rotatable bonds is 4. The molecule has 0 amide bonds. The average molecular weight is 240 g/mol. The molecule has 92 valence electrons. The molecule has 17 heavy (non-hydrogen) atoms. The summed E-state index contributed by atoms with van der Waals surface area (Å²) in [5, 5.41) is 3.97. The molecule has 1 aromatic carbocycles. The van der Waals surface area contributed by atoms with Gasteiger partial charge in [-0.05, 0) is 26.0 Å². The van der Waals surface area contributed by atoms with E-state index in [9.17, 15) is 9.59 Å². The molecule has 0 aromatic heterocycles. The van der Waals surface area contributed by atoms with Crippen molar-refractivity contribution in [1.29, 1.82) is 0 Å². The van der Waals surface area contributed by atoms with Gasteiger partial charge in [-0.1, -0.05) is 17.7 Å². The van der Waals surface area contributed by atoms with Gasteiger partial charge < -0.3 is 4.74 Å². The normalized spacial score (nSPS) is 9.53. The van der Waals surface area contributed by atoms with E-state index in [0.29, 0.717) is 0 Å². The fourth-order valence-electron chi connectivity index (χ4n) is 0.955. The van der Waals surface area contributed by atoms with E-state index in [0.717, 1.165) is 5.56 Å². The summed E-state index contributed by atoms with van der Waals surface area (Å²) in [6.07, 6.45) is -1.08. The average Bonchev–Trinajstić information content (AvgIpc) is 2.30. The van der Waals surface area contributed by atoms with Gasteiger partial charge in [0.25, 0.3) is 0 Å². The Morgan fingerprint density at radius 2 is 1.76 bits per heavy atom. The van der Waals surface area contributed by atoms with Crippen molar-refractivity contribution in [2.75, 3.05) is 6.61 Å². The highest BCUT2D eigenvalue weighted by Crippen LogP contribution is 2.05. The summed E-state index contributed by atoms with van der Waals surface area (Å²) in [7, 11) is 0. The van der Waals surface area contributed by atoms with E-state index < -0.39 is 12.1 Å². The molecule has 1 aromatic rings. The molecule has 0 N–H and O–H groups in total. The zero-order valence-electron chi connectivity index (χ0n) is 9.47. The summed E-state index contributed by atoms with van der Waals surface area (Å²) in [6, 6.07) is 6.60. The van der Waals surface area contributed by atoms with Crippen molar-refractivity contribution in [2.24, 2.45) is 0 Å². The van der Waals surface area contributed by atoms with Crippen LogP contribution in [0.5, 0.6) is 0 Å². The van der Waals surface area contributed by atoms with Gasteiger partial charge in [-0.15, -0.1) is 0 Å². The molecule has 1 rings (SSSR count). The van der Waals surface area contributed by atoms with Crippen LogP contribution in [-0.2, 0) is 19.6 Å². The predicted octanol–water partition coefficient (Wildman–Crippen LogP) is 2.17. The van der Waals surface area contributed by atoms with E-state index in [1.165, 1.54) is 0 Å². The molecule has 0 aliphatic rings. The van der Waals surface area contributed by atoms with Crippen molar-refractivity contribution in [3.8, 4) is 0 Å². The van der Waals surface area contributed by atoms with Gasteiger partial charge in [0.1, 0.15) is 0 Å². The third-order valence-corrected chi connectivity index (χ3v) is 1.76. The fraction of sp³-hybridized carbons (Fsp3) is 0.273.